The summed E-state index contributed by atoms with van der Waals surface area (Å²) in [6, 6.07) is 5.39. The fourth-order valence-corrected chi connectivity index (χ4v) is 3.66. The second-order valence-corrected chi connectivity index (χ2v) is 7.55. The number of nitrogens with one attached hydrogen (secondary N) is 2. The Hall–Kier alpha value is -1.79. The molecule has 0 radical (unpaired) electrons. The van der Waals surface area contributed by atoms with Crippen molar-refractivity contribution in [2.75, 3.05) is 5.32 Å². The first-order chi connectivity index (χ1) is 11.5. The molecular formula is C17H18ClN3O2S. The molecule has 3 rings (SSSR count). The lowest BCUT2D eigenvalue weighted by Gasteiger charge is -2.14. The van der Waals surface area contributed by atoms with Crippen molar-refractivity contribution in [3.05, 3.63) is 50.4 Å². The van der Waals surface area contributed by atoms with E-state index in [4.69, 9.17) is 11.6 Å². The fourth-order valence-electron chi connectivity index (χ4n) is 2.67. The van der Waals surface area contributed by atoms with Gasteiger partial charge in [0.15, 0.2) is 5.16 Å². The molecule has 0 saturated heterocycles. The number of carbonyl (C=O) groups excluding carboxylic acids is 1. The van der Waals surface area contributed by atoms with Crippen LogP contribution in [0.1, 0.15) is 30.2 Å². The minimum atomic E-state index is -0.397. The highest BCUT2D eigenvalue weighted by atomic mass is 35.5. The summed E-state index contributed by atoms with van der Waals surface area (Å²) in [4.78, 5) is 31.7. The van der Waals surface area contributed by atoms with E-state index in [0.717, 1.165) is 36.1 Å². The first kappa shape index (κ1) is 17.0. The van der Waals surface area contributed by atoms with E-state index in [-0.39, 0.29) is 11.5 Å². The zero-order chi connectivity index (χ0) is 17.3. The van der Waals surface area contributed by atoms with Gasteiger partial charge in [0.1, 0.15) is 0 Å². The number of carbonyl (C=O) groups is 1. The summed E-state index contributed by atoms with van der Waals surface area (Å²) in [5.41, 5.74) is 3.08. The van der Waals surface area contributed by atoms with Crippen LogP contribution in [-0.4, -0.2) is 21.1 Å². The van der Waals surface area contributed by atoms with Gasteiger partial charge in [-0.1, -0.05) is 29.4 Å². The van der Waals surface area contributed by atoms with Crippen molar-refractivity contribution in [3.63, 3.8) is 0 Å². The number of aryl methyl sites for hydroxylation is 1. The van der Waals surface area contributed by atoms with Gasteiger partial charge in [-0.25, -0.2) is 4.98 Å². The molecule has 0 fully saturated rings. The standard InChI is InChI=1S/C17H18ClN3O2S/c1-9-12(18)6-4-7-13(9)19-15(22)10(2)24-17-20-14-8-3-5-11(14)16(23)21-17/h4,6-7,10H,3,5,8H2,1-2H3,(H,19,22)(H,20,21,23). The Labute approximate surface area is 149 Å². The van der Waals surface area contributed by atoms with Crippen molar-refractivity contribution in [3.8, 4) is 0 Å². The van der Waals surface area contributed by atoms with E-state index in [2.05, 4.69) is 15.3 Å². The lowest BCUT2D eigenvalue weighted by molar-refractivity contribution is -0.115. The molecule has 0 saturated carbocycles. The largest absolute Gasteiger partial charge is 0.325 e. The molecule has 2 N–H and O–H groups in total. The molecule has 1 aliphatic carbocycles. The van der Waals surface area contributed by atoms with Gasteiger partial charge in [-0.05, 0) is 50.8 Å². The highest BCUT2D eigenvalue weighted by Gasteiger charge is 2.21. The lowest BCUT2D eigenvalue weighted by Crippen LogP contribution is -2.24. The van der Waals surface area contributed by atoms with E-state index in [1.54, 1.807) is 19.1 Å². The van der Waals surface area contributed by atoms with Crippen molar-refractivity contribution in [2.45, 2.75) is 43.5 Å². The summed E-state index contributed by atoms with van der Waals surface area (Å²) >= 11 is 7.32. The average Bonchev–Trinajstić information content (AvgIpc) is 3.00. The van der Waals surface area contributed by atoms with Crippen LogP contribution in [0.25, 0.3) is 0 Å². The average molecular weight is 364 g/mol. The molecule has 2 aromatic rings. The van der Waals surface area contributed by atoms with E-state index in [1.165, 1.54) is 11.8 Å². The first-order valence-electron chi connectivity index (χ1n) is 7.80. The van der Waals surface area contributed by atoms with Gasteiger partial charge in [-0.3, -0.25) is 9.59 Å². The maximum absolute atomic E-state index is 12.4. The second-order valence-electron chi connectivity index (χ2n) is 5.81. The number of hydrogen-bond donors (Lipinski definition) is 2. The first-order valence-corrected chi connectivity index (χ1v) is 9.06. The number of rotatable bonds is 4. The molecular weight excluding hydrogens is 346 g/mol. The number of nitrogens with zero attached hydrogens (tertiary/aromatic N) is 1. The summed E-state index contributed by atoms with van der Waals surface area (Å²) < 4.78 is 0. The highest BCUT2D eigenvalue weighted by molar-refractivity contribution is 8.00. The number of H-pyrrole nitrogens is 1. The maximum atomic E-state index is 12.4. The predicted molar refractivity (Wildman–Crippen MR) is 97.0 cm³/mol. The Balaban J connectivity index is 1.72. The molecule has 7 heteroatoms. The number of fused-ring (bicyclic) bond motifs is 1. The van der Waals surface area contributed by atoms with Crippen LogP contribution in [0.3, 0.4) is 0 Å². The van der Waals surface area contributed by atoms with Crippen molar-refractivity contribution in [1.29, 1.82) is 0 Å². The minimum Gasteiger partial charge on any atom is -0.325 e. The molecule has 1 aliphatic rings. The van der Waals surface area contributed by atoms with Crippen LogP contribution >= 0.6 is 23.4 Å². The molecule has 5 nitrogen and oxygen atoms in total. The molecule has 1 heterocycles. The highest BCUT2D eigenvalue weighted by Crippen LogP contribution is 2.26. The Morgan fingerprint density at radius 1 is 1.42 bits per heavy atom. The SMILES string of the molecule is Cc1c(Cl)cccc1NC(=O)C(C)Sc1nc2c(c(=O)[nH]1)CCC2. The van der Waals surface area contributed by atoms with Crippen LogP contribution in [0.4, 0.5) is 5.69 Å². The summed E-state index contributed by atoms with van der Waals surface area (Å²) in [5, 5.41) is 3.58. The van der Waals surface area contributed by atoms with Crippen LogP contribution in [0.2, 0.25) is 5.02 Å². The third kappa shape index (κ3) is 3.49. The quantitative estimate of drug-likeness (QED) is 0.645. The number of halogens is 1. The summed E-state index contributed by atoms with van der Waals surface area (Å²) in [6.45, 7) is 3.64. The summed E-state index contributed by atoms with van der Waals surface area (Å²) in [6.07, 6.45) is 2.57. The molecule has 0 aliphatic heterocycles. The molecule has 1 amide bonds. The van der Waals surface area contributed by atoms with E-state index in [1.807, 2.05) is 13.0 Å². The molecule has 0 bridgehead atoms. The van der Waals surface area contributed by atoms with Crippen LogP contribution in [-0.2, 0) is 17.6 Å². The van der Waals surface area contributed by atoms with Gasteiger partial charge in [0.25, 0.3) is 5.56 Å². The Kier molecular flexibility index (Phi) is 4.96. The number of thioether (sulfide) groups is 1. The van der Waals surface area contributed by atoms with Crippen LogP contribution in [0.15, 0.2) is 28.2 Å². The van der Waals surface area contributed by atoms with E-state index >= 15 is 0 Å². The Bertz CT molecular complexity index is 850. The molecule has 1 aromatic heterocycles. The van der Waals surface area contributed by atoms with Gasteiger partial charge >= 0.3 is 0 Å². The number of anilines is 1. The third-order valence-electron chi connectivity index (χ3n) is 4.10. The minimum absolute atomic E-state index is 0.0849. The number of amides is 1. The van der Waals surface area contributed by atoms with Gasteiger partial charge in [-0.15, -0.1) is 0 Å². The second kappa shape index (κ2) is 6.99. The van der Waals surface area contributed by atoms with Gasteiger partial charge in [-0.2, -0.15) is 0 Å². The van der Waals surface area contributed by atoms with Gasteiger partial charge in [0, 0.05) is 16.3 Å². The van der Waals surface area contributed by atoms with Gasteiger partial charge in [0.05, 0.1) is 10.9 Å². The van der Waals surface area contributed by atoms with E-state index in [0.29, 0.717) is 15.9 Å². The zero-order valence-electron chi connectivity index (χ0n) is 13.5. The number of aromatic amines is 1. The third-order valence-corrected chi connectivity index (χ3v) is 5.50. The van der Waals surface area contributed by atoms with Crippen LogP contribution < -0.4 is 10.9 Å². The summed E-state index contributed by atoms with van der Waals surface area (Å²) in [7, 11) is 0. The van der Waals surface area contributed by atoms with Crippen molar-refractivity contribution in [2.24, 2.45) is 0 Å². The molecule has 126 valence electrons. The van der Waals surface area contributed by atoms with Gasteiger partial charge in [0.2, 0.25) is 5.91 Å². The molecule has 1 unspecified atom stereocenters. The lowest BCUT2D eigenvalue weighted by atomic mass is 10.2. The zero-order valence-corrected chi connectivity index (χ0v) is 15.1. The smallest absolute Gasteiger partial charge is 0.254 e. The molecule has 24 heavy (non-hydrogen) atoms. The summed E-state index contributed by atoms with van der Waals surface area (Å²) in [5.74, 6) is -0.159. The van der Waals surface area contributed by atoms with Crippen LogP contribution in [0.5, 0.6) is 0 Å². The van der Waals surface area contributed by atoms with Gasteiger partial charge < -0.3 is 10.3 Å². The van der Waals surface area contributed by atoms with Crippen molar-refractivity contribution in [1.82, 2.24) is 9.97 Å². The molecule has 0 spiro atoms. The molecule has 1 aromatic carbocycles. The topological polar surface area (TPSA) is 74.8 Å². The number of hydrogen-bond acceptors (Lipinski definition) is 4. The maximum Gasteiger partial charge on any atom is 0.254 e. The Morgan fingerprint density at radius 2 is 2.21 bits per heavy atom. The number of aromatic nitrogens is 2. The van der Waals surface area contributed by atoms with E-state index in [9.17, 15) is 9.59 Å². The van der Waals surface area contributed by atoms with Crippen molar-refractivity contribution < 1.29 is 4.79 Å². The number of benzene rings is 1. The monoisotopic (exact) mass is 363 g/mol. The fraction of sp³-hybridized carbons (Fsp3) is 0.353. The Morgan fingerprint density at radius 3 is 3.00 bits per heavy atom. The van der Waals surface area contributed by atoms with E-state index < -0.39 is 5.25 Å². The van der Waals surface area contributed by atoms with Crippen LogP contribution in [0, 0.1) is 6.92 Å². The normalized spacial score (nSPS) is 14.3. The predicted octanol–water partition coefficient (Wildman–Crippen LogP) is 3.34. The molecule has 1 atom stereocenters. The van der Waals surface area contributed by atoms with Crippen molar-refractivity contribution >= 4 is 35.0 Å².